The lowest BCUT2D eigenvalue weighted by Gasteiger charge is -2.13. The van der Waals surface area contributed by atoms with Gasteiger partial charge in [0.1, 0.15) is 17.5 Å². The number of carbonyl (C=O) groups is 4. The number of fused-ring (bicyclic) bond motifs is 2. The van der Waals surface area contributed by atoms with Gasteiger partial charge >= 0.3 is 5.97 Å². The number of carbonyl (C=O) groups excluding carboxylic acids is 3. The molecule has 11 nitrogen and oxygen atoms in total. The predicted molar refractivity (Wildman–Crippen MR) is 111 cm³/mol. The van der Waals surface area contributed by atoms with Crippen LogP contribution in [-0.4, -0.2) is 48.1 Å². The first-order chi connectivity index (χ1) is 15.8. The average Bonchev–Trinajstić information content (AvgIpc) is 3.35. The van der Waals surface area contributed by atoms with Gasteiger partial charge in [0.05, 0.1) is 12.0 Å². The average molecular weight is 454 g/mol. The van der Waals surface area contributed by atoms with Gasteiger partial charge in [0.2, 0.25) is 18.5 Å². The van der Waals surface area contributed by atoms with Crippen LogP contribution < -0.4 is 30.0 Å². The number of allylic oxidation sites excluding steroid dienone is 1. The molecule has 0 radical (unpaired) electrons. The summed E-state index contributed by atoms with van der Waals surface area (Å²) in [6.45, 7) is -0.381. The minimum atomic E-state index is -1.46. The molecule has 0 fully saturated rings. The Morgan fingerprint density at radius 2 is 1.91 bits per heavy atom. The largest absolute Gasteiger partial charge is 0.484 e. The van der Waals surface area contributed by atoms with Crippen LogP contribution in [0.5, 0.6) is 23.0 Å². The second-order valence-electron chi connectivity index (χ2n) is 7.13. The van der Waals surface area contributed by atoms with Crippen LogP contribution in [-0.2, 0) is 14.4 Å². The van der Waals surface area contributed by atoms with Crippen molar-refractivity contribution >= 4 is 29.6 Å². The highest BCUT2D eigenvalue weighted by atomic mass is 16.7. The molecule has 33 heavy (non-hydrogen) atoms. The Balaban J connectivity index is 1.40. The first-order valence-corrected chi connectivity index (χ1v) is 9.71. The molecule has 0 unspecified atom stereocenters. The number of nitrogens with one attached hydrogen (secondary N) is 1. The van der Waals surface area contributed by atoms with E-state index in [4.69, 9.17) is 29.8 Å². The number of carboxylic acid groups (broad SMARTS) is 1. The molecule has 4 rings (SSSR count). The number of benzene rings is 2. The fourth-order valence-corrected chi connectivity index (χ4v) is 3.20. The molecule has 170 valence electrons. The second-order valence-corrected chi connectivity index (χ2v) is 7.13. The monoisotopic (exact) mass is 454 g/mol. The third-order valence-corrected chi connectivity index (χ3v) is 4.74. The van der Waals surface area contributed by atoms with Crippen LogP contribution in [0.15, 0.2) is 42.2 Å². The lowest BCUT2D eigenvalue weighted by molar-refractivity contribution is -0.143. The number of ketones is 1. The summed E-state index contributed by atoms with van der Waals surface area (Å²) in [5.74, 6) is -1.56. The SMILES string of the molecule is NC(=O)C[C@@H](NC(=O)COc1ccc2c(c1)O/C(=C\c1ccc3c(c1)OCO3)C2=O)C(=O)O. The van der Waals surface area contributed by atoms with E-state index in [-0.39, 0.29) is 29.8 Å². The minimum absolute atomic E-state index is 0.106. The summed E-state index contributed by atoms with van der Waals surface area (Å²) in [7, 11) is 0. The zero-order valence-corrected chi connectivity index (χ0v) is 17.0. The zero-order valence-electron chi connectivity index (χ0n) is 17.0. The number of hydrogen-bond donors (Lipinski definition) is 3. The summed E-state index contributed by atoms with van der Waals surface area (Å²) in [4.78, 5) is 46.6. The van der Waals surface area contributed by atoms with Gasteiger partial charge in [-0.2, -0.15) is 0 Å². The number of Topliss-reactive ketones (excluding diaryl/α,β-unsaturated/α-hetero) is 1. The van der Waals surface area contributed by atoms with Gasteiger partial charge in [0.25, 0.3) is 5.91 Å². The van der Waals surface area contributed by atoms with Gasteiger partial charge in [-0.15, -0.1) is 0 Å². The Morgan fingerprint density at radius 3 is 2.67 bits per heavy atom. The lowest BCUT2D eigenvalue weighted by Crippen LogP contribution is -2.45. The minimum Gasteiger partial charge on any atom is -0.484 e. The summed E-state index contributed by atoms with van der Waals surface area (Å²) in [6.07, 6.45) is 1.03. The van der Waals surface area contributed by atoms with E-state index >= 15 is 0 Å². The van der Waals surface area contributed by atoms with Crippen LogP contribution in [0, 0.1) is 0 Å². The molecule has 0 spiro atoms. The Bertz CT molecular complexity index is 1190. The molecule has 2 aliphatic heterocycles. The molecule has 4 N–H and O–H groups in total. The maximum atomic E-state index is 12.6. The molecule has 2 amide bonds. The van der Waals surface area contributed by atoms with Crippen molar-refractivity contribution in [2.75, 3.05) is 13.4 Å². The van der Waals surface area contributed by atoms with E-state index in [1.165, 1.54) is 18.2 Å². The molecule has 2 aliphatic rings. The molecular formula is C22H18N2O9. The fraction of sp³-hybridized carbons (Fsp3) is 0.182. The molecule has 2 heterocycles. The predicted octanol–water partition coefficient (Wildman–Crippen LogP) is 0.855. The summed E-state index contributed by atoms with van der Waals surface area (Å²) in [5, 5.41) is 11.2. The number of ether oxygens (including phenoxy) is 4. The zero-order chi connectivity index (χ0) is 23.5. The van der Waals surface area contributed by atoms with Crippen molar-refractivity contribution in [3.8, 4) is 23.0 Å². The van der Waals surface area contributed by atoms with Crippen molar-refractivity contribution in [1.29, 1.82) is 0 Å². The van der Waals surface area contributed by atoms with Crippen LogP contribution in [0.2, 0.25) is 0 Å². The number of aliphatic carboxylic acids is 1. The molecule has 2 aromatic carbocycles. The summed E-state index contributed by atoms with van der Waals surface area (Å²) < 4.78 is 21.6. The molecule has 0 saturated heterocycles. The van der Waals surface area contributed by atoms with E-state index in [9.17, 15) is 19.2 Å². The van der Waals surface area contributed by atoms with Crippen molar-refractivity contribution in [2.24, 2.45) is 5.73 Å². The van der Waals surface area contributed by atoms with Crippen molar-refractivity contribution in [3.63, 3.8) is 0 Å². The topological polar surface area (TPSA) is 163 Å². The number of hydrogen-bond acceptors (Lipinski definition) is 8. The third-order valence-electron chi connectivity index (χ3n) is 4.74. The molecule has 1 atom stereocenters. The van der Waals surface area contributed by atoms with Crippen molar-refractivity contribution in [2.45, 2.75) is 12.5 Å². The van der Waals surface area contributed by atoms with Crippen molar-refractivity contribution in [3.05, 3.63) is 53.3 Å². The number of amides is 2. The van der Waals surface area contributed by atoms with E-state index in [1.54, 1.807) is 24.3 Å². The van der Waals surface area contributed by atoms with Crippen LogP contribution >= 0.6 is 0 Å². The third kappa shape index (κ3) is 4.87. The first kappa shape index (κ1) is 21.7. The van der Waals surface area contributed by atoms with E-state index in [1.807, 2.05) is 0 Å². The standard InChI is InChI=1S/C22H18N2O9/c23-19(25)8-14(22(28)29)24-20(26)9-30-12-2-3-13-16(7-12)33-18(21(13)27)6-11-1-4-15-17(5-11)32-10-31-15/h1-7,14H,8-10H2,(H2,23,25)(H,24,26)(H,28,29)/b18-6-/t14-/m1/s1. The summed E-state index contributed by atoms with van der Waals surface area (Å²) in [5.41, 5.74) is 5.99. The lowest BCUT2D eigenvalue weighted by atomic mass is 10.1. The molecule has 2 aromatic rings. The van der Waals surface area contributed by atoms with Gasteiger partial charge in [-0.05, 0) is 35.9 Å². The maximum absolute atomic E-state index is 12.6. The van der Waals surface area contributed by atoms with E-state index < -0.39 is 36.9 Å². The highest BCUT2D eigenvalue weighted by Gasteiger charge is 2.28. The van der Waals surface area contributed by atoms with Crippen molar-refractivity contribution in [1.82, 2.24) is 5.32 Å². The van der Waals surface area contributed by atoms with Gasteiger partial charge in [-0.25, -0.2) is 4.79 Å². The van der Waals surface area contributed by atoms with E-state index in [0.717, 1.165) is 0 Å². The molecule has 0 bridgehead atoms. The number of primary amides is 1. The van der Waals surface area contributed by atoms with Gasteiger partial charge in [0, 0.05) is 6.07 Å². The van der Waals surface area contributed by atoms with Gasteiger partial charge < -0.3 is 35.1 Å². The Labute approximate surface area is 186 Å². The Morgan fingerprint density at radius 1 is 1.12 bits per heavy atom. The van der Waals surface area contributed by atoms with Gasteiger partial charge in [-0.3, -0.25) is 14.4 Å². The van der Waals surface area contributed by atoms with Crippen LogP contribution in [0.3, 0.4) is 0 Å². The van der Waals surface area contributed by atoms with E-state index in [0.29, 0.717) is 22.6 Å². The molecule has 0 aliphatic carbocycles. The second kappa shape index (κ2) is 8.91. The van der Waals surface area contributed by atoms with Crippen LogP contribution in [0.1, 0.15) is 22.3 Å². The normalized spacial score (nSPS) is 15.5. The van der Waals surface area contributed by atoms with Crippen LogP contribution in [0.4, 0.5) is 0 Å². The van der Waals surface area contributed by atoms with Gasteiger partial charge in [-0.1, -0.05) is 6.07 Å². The Kier molecular flexibility index (Phi) is 5.85. The molecule has 11 heteroatoms. The Hall–Kier alpha value is -4.54. The smallest absolute Gasteiger partial charge is 0.326 e. The quantitative estimate of drug-likeness (QED) is 0.491. The summed E-state index contributed by atoms with van der Waals surface area (Å²) in [6, 6.07) is 8.19. The first-order valence-electron chi connectivity index (χ1n) is 9.71. The highest BCUT2D eigenvalue weighted by molar-refractivity contribution is 6.14. The number of nitrogens with two attached hydrogens (primary N) is 1. The molecule has 0 saturated carbocycles. The fourth-order valence-electron chi connectivity index (χ4n) is 3.20. The van der Waals surface area contributed by atoms with Gasteiger partial charge in [0.15, 0.2) is 23.9 Å². The van der Waals surface area contributed by atoms with Crippen molar-refractivity contribution < 1.29 is 43.2 Å². The number of carboxylic acids is 1. The van der Waals surface area contributed by atoms with E-state index in [2.05, 4.69) is 5.32 Å². The maximum Gasteiger partial charge on any atom is 0.326 e. The highest BCUT2D eigenvalue weighted by Crippen LogP contribution is 2.37. The number of rotatable bonds is 8. The summed E-state index contributed by atoms with van der Waals surface area (Å²) >= 11 is 0. The molecule has 0 aromatic heterocycles. The van der Waals surface area contributed by atoms with Crippen LogP contribution in [0.25, 0.3) is 6.08 Å². The molecular weight excluding hydrogens is 436 g/mol.